The van der Waals surface area contributed by atoms with Gasteiger partial charge in [-0.25, -0.2) is 0 Å². The number of nitrogens with zero attached hydrogens (tertiary/aromatic N) is 3. The summed E-state index contributed by atoms with van der Waals surface area (Å²) in [5.41, 5.74) is 14.4. The number of hydrogen-bond acceptors (Lipinski definition) is 4. The number of rotatable bonds is 7. The van der Waals surface area contributed by atoms with Crippen LogP contribution in [0.1, 0.15) is 0 Å². The molecule has 0 N–H and O–H groups in total. The molecule has 0 saturated heterocycles. The van der Waals surface area contributed by atoms with Gasteiger partial charge in [-0.2, -0.15) is 0 Å². The van der Waals surface area contributed by atoms with Gasteiger partial charge in [0.25, 0.3) is 0 Å². The maximum Gasteiger partial charge on any atom is 0.103 e. The van der Waals surface area contributed by atoms with Gasteiger partial charge in [-0.05, 0) is 99.1 Å². The van der Waals surface area contributed by atoms with Crippen molar-refractivity contribution in [3.8, 4) is 33.6 Å². The zero-order chi connectivity index (χ0) is 38.2. The van der Waals surface area contributed by atoms with E-state index in [0.717, 1.165) is 17.1 Å². The van der Waals surface area contributed by atoms with Gasteiger partial charge in [0.1, 0.15) is 5.00 Å². The zero-order valence-corrected chi connectivity index (χ0v) is 33.6. The van der Waals surface area contributed by atoms with E-state index in [-0.39, 0.29) is 0 Å². The van der Waals surface area contributed by atoms with E-state index in [1.165, 1.54) is 84.6 Å². The predicted octanol–water partition coefficient (Wildman–Crippen LogP) is 16.0. The van der Waals surface area contributed by atoms with Crippen molar-refractivity contribution >= 4 is 102 Å². The van der Waals surface area contributed by atoms with Gasteiger partial charge in [0.2, 0.25) is 0 Å². The molecule has 0 fully saturated rings. The minimum absolute atomic E-state index is 1.12. The van der Waals surface area contributed by atoms with Gasteiger partial charge in [0, 0.05) is 22.7 Å². The fourth-order valence-corrected chi connectivity index (χ4v) is 12.2. The first-order chi connectivity index (χ1) is 28.8. The molecule has 0 unspecified atom stereocenters. The van der Waals surface area contributed by atoms with Crippen molar-refractivity contribution in [2.24, 2.45) is 0 Å². The van der Waals surface area contributed by atoms with E-state index in [1.807, 2.05) is 34.0 Å². The Kier molecular flexibility index (Phi) is 7.76. The van der Waals surface area contributed by atoms with Gasteiger partial charge in [0.05, 0.1) is 40.9 Å². The highest BCUT2D eigenvalue weighted by Crippen LogP contribution is 2.53. The van der Waals surface area contributed by atoms with Gasteiger partial charge in [0.15, 0.2) is 0 Å². The molecule has 6 heteroatoms. The highest BCUT2D eigenvalue weighted by Gasteiger charge is 2.28. The monoisotopic (exact) mass is 795 g/mol. The van der Waals surface area contributed by atoms with Crippen LogP contribution in [0.5, 0.6) is 0 Å². The molecule has 0 amide bonds. The minimum atomic E-state index is 1.12. The lowest BCUT2D eigenvalue weighted by Crippen LogP contribution is -2.08. The Morgan fingerprint density at radius 3 is 1.53 bits per heavy atom. The molecular weight excluding hydrogens is 763 g/mol. The molecule has 58 heavy (non-hydrogen) atoms. The Bertz CT molecular complexity index is 3340. The molecule has 5 heterocycles. The lowest BCUT2D eigenvalue weighted by molar-refractivity contribution is 1.15. The summed E-state index contributed by atoms with van der Waals surface area (Å²) in [4.78, 5) is 2.43. The van der Waals surface area contributed by atoms with Crippen molar-refractivity contribution in [1.82, 2.24) is 9.13 Å². The van der Waals surface area contributed by atoms with Gasteiger partial charge in [-0.3, -0.25) is 0 Å². The summed E-state index contributed by atoms with van der Waals surface area (Å²) in [6, 6.07) is 70.4. The van der Waals surface area contributed by atoms with Crippen molar-refractivity contribution in [2.75, 3.05) is 4.90 Å². The number of hydrogen-bond donors (Lipinski definition) is 0. The molecule has 0 spiro atoms. The molecule has 0 atom stereocenters. The van der Waals surface area contributed by atoms with Crippen LogP contribution in [0.25, 0.3) is 85.3 Å². The lowest BCUT2D eigenvalue weighted by atomic mass is 10.0. The Morgan fingerprint density at radius 1 is 0.362 bits per heavy atom. The molecule has 0 aliphatic carbocycles. The van der Waals surface area contributed by atoms with Crippen LogP contribution in [0.2, 0.25) is 0 Å². The number of aromatic nitrogens is 2. The van der Waals surface area contributed by atoms with Crippen LogP contribution in [0.4, 0.5) is 16.4 Å². The van der Waals surface area contributed by atoms with Crippen molar-refractivity contribution in [1.29, 1.82) is 0 Å². The normalized spacial score (nSPS) is 11.8. The first-order valence-electron chi connectivity index (χ1n) is 19.4. The van der Waals surface area contributed by atoms with Crippen LogP contribution < -0.4 is 4.90 Å². The second-order valence-corrected chi connectivity index (χ2v) is 17.6. The standard InChI is InChI=1S/C52H33N3S3/c1-4-12-34(13-5-1)37-20-25-41(26-21-37)53(42-27-22-38(23-28-42)35-14-6-2-7-15-35)46-33-45-50(57-46)52-48(55(45)43-29-24-36-16-10-11-17-39(36)32-43)47-51(58-52)49-44(30-31-56-49)54(47)40-18-8-3-9-19-40/h1-33H. The van der Waals surface area contributed by atoms with Crippen molar-refractivity contribution < 1.29 is 0 Å². The predicted molar refractivity (Wildman–Crippen MR) is 252 cm³/mol. The number of fused-ring (bicyclic) bond motifs is 8. The summed E-state index contributed by atoms with van der Waals surface area (Å²) in [5.74, 6) is 0. The SMILES string of the molecule is c1ccc(-c2ccc(N(c3ccc(-c4ccccc4)cc3)c3cc4c(s3)c3sc5c6sccc6n(-c6ccccc6)c5c3n4-c3ccc4ccccc4c3)cc2)cc1. The smallest absolute Gasteiger partial charge is 0.103 e. The van der Waals surface area contributed by atoms with Crippen molar-refractivity contribution in [3.05, 3.63) is 200 Å². The van der Waals surface area contributed by atoms with Gasteiger partial charge in [-0.1, -0.05) is 133 Å². The van der Waals surface area contributed by atoms with Gasteiger partial charge in [-0.15, -0.1) is 34.0 Å². The summed E-state index contributed by atoms with van der Waals surface area (Å²) in [6.45, 7) is 0. The Morgan fingerprint density at radius 2 is 0.897 bits per heavy atom. The van der Waals surface area contributed by atoms with E-state index in [2.05, 4.69) is 214 Å². The molecule has 0 aliphatic heterocycles. The average molecular weight is 796 g/mol. The molecule has 12 rings (SSSR count). The molecule has 274 valence electrons. The third kappa shape index (κ3) is 5.30. The van der Waals surface area contributed by atoms with Crippen LogP contribution in [0.3, 0.4) is 0 Å². The van der Waals surface area contributed by atoms with Crippen LogP contribution >= 0.6 is 34.0 Å². The van der Waals surface area contributed by atoms with Crippen LogP contribution in [0.15, 0.2) is 200 Å². The minimum Gasteiger partial charge on any atom is -0.306 e. The third-order valence-electron chi connectivity index (χ3n) is 11.2. The number of thiophene rings is 3. The zero-order valence-electron chi connectivity index (χ0n) is 31.1. The summed E-state index contributed by atoms with van der Waals surface area (Å²) in [7, 11) is 0. The first kappa shape index (κ1) is 33.4. The molecule has 0 aliphatic rings. The van der Waals surface area contributed by atoms with E-state index in [4.69, 9.17) is 0 Å². The van der Waals surface area contributed by atoms with Gasteiger partial charge >= 0.3 is 0 Å². The Labute approximate surface area is 347 Å². The molecule has 7 aromatic carbocycles. The molecule has 0 radical (unpaired) electrons. The largest absolute Gasteiger partial charge is 0.306 e. The summed E-state index contributed by atoms with van der Waals surface area (Å²) in [6.07, 6.45) is 0. The molecule has 0 bridgehead atoms. The van der Waals surface area contributed by atoms with E-state index >= 15 is 0 Å². The molecule has 12 aromatic rings. The third-order valence-corrected chi connectivity index (χ3v) is 14.7. The molecule has 3 nitrogen and oxygen atoms in total. The van der Waals surface area contributed by atoms with E-state index in [9.17, 15) is 0 Å². The maximum absolute atomic E-state index is 2.54. The Balaban J connectivity index is 1.11. The highest BCUT2D eigenvalue weighted by molar-refractivity contribution is 7.34. The van der Waals surface area contributed by atoms with Crippen LogP contribution in [-0.4, -0.2) is 9.13 Å². The number of benzene rings is 7. The van der Waals surface area contributed by atoms with Crippen LogP contribution in [-0.2, 0) is 0 Å². The molecule has 5 aromatic heterocycles. The summed E-state index contributed by atoms with van der Waals surface area (Å²) >= 11 is 5.66. The van der Waals surface area contributed by atoms with E-state index in [1.54, 1.807) is 0 Å². The number of para-hydroxylation sites is 1. The fourth-order valence-electron chi connectivity index (χ4n) is 8.53. The van der Waals surface area contributed by atoms with Crippen LogP contribution in [0, 0.1) is 0 Å². The average Bonchev–Trinajstić information content (AvgIpc) is 4.11. The summed E-state index contributed by atoms with van der Waals surface area (Å²) in [5, 5.41) is 5.88. The second-order valence-electron chi connectivity index (χ2n) is 14.6. The van der Waals surface area contributed by atoms with E-state index < -0.39 is 0 Å². The lowest BCUT2D eigenvalue weighted by Gasteiger charge is -2.24. The van der Waals surface area contributed by atoms with Gasteiger partial charge < -0.3 is 14.0 Å². The first-order valence-corrected chi connectivity index (χ1v) is 21.9. The summed E-state index contributed by atoms with van der Waals surface area (Å²) < 4.78 is 10.3. The molecular formula is C52H33N3S3. The number of anilines is 3. The second kappa shape index (κ2) is 13.5. The quantitative estimate of drug-likeness (QED) is 0.157. The van der Waals surface area contributed by atoms with E-state index in [0.29, 0.717) is 0 Å². The fraction of sp³-hybridized carbons (Fsp3) is 0. The van der Waals surface area contributed by atoms with Crippen molar-refractivity contribution in [3.63, 3.8) is 0 Å². The maximum atomic E-state index is 2.54. The van der Waals surface area contributed by atoms with Crippen molar-refractivity contribution in [2.45, 2.75) is 0 Å². The topological polar surface area (TPSA) is 13.1 Å². The Hall–Kier alpha value is -6.70. The highest BCUT2D eigenvalue weighted by atomic mass is 32.1. The molecule has 0 saturated carbocycles.